The molecule has 0 saturated heterocycles. The molecule has 2 rings (SSSR count). The number of carbonyl (C=O) groups is 1. The van der Waals surface area contributed by atoms with Gasteiger partial charge in [0.2, 0.25) is 0 Å². The molecule has 0 aromatic carbocycles. The molecule has 16 heavy (non-hydrogen) atoms. The fourth-order valence-corrected chi connectivity index (χ4v) is 1.71. The first-order chi connectivity index (χ1) is 7.60. The van der Waals surface area contributed by atoms with Crippen molar-refractivity contribution in [2.75, 3.05) is 0 Å². The number of ketones is 1. The third-order valence-corrected chi connectivity index (χ3v) is 2.74. The number of furan rings is 1. The van der Waals surface area contributed by atoms with Gasteiger partial charge < -0.3 is 14.3 Å². The van der Waals surface area contributed by atoms with E-state index in [-0.39, 0.29) is 5.78 Å². The highest BCUT2D eigenvalue weighted by Crippen LogP contribution is 2.25. The quantitative estimate of drug-likeness (QED) is 0.840. The van der Waals surface area contributed by atoms with Crippen molar-refractivity contribution in [3.8, 4) is 0 Å². The Hall–Kier alpha value is -1.39. The van der Waals surface area contributed by atoms with Crippen LogP contribution in [0.5, 0.6) is 0 Å². The molecule has 0 spiro atoms. The van der Waals surface area contributed by atoms with Crippen LogP contribution in [0, 0.1) is 0 Å². The lowest BCUT2D eigenvalue weighted by Gasteiger charge is -2.31. The maximum Gasteiger partial charge on any atom is 0.187 e. The molecule has 1 aromatic heterocycles. The maximum atomic E-state index is 11.7. The summed E-state index contributed by atoms with van der Waals surface area (Å²) in [6.07, 6.45) is 4.40. The molecular weight excluding hydrogens is 208 g/mol. The molecule has 0 fully saturated rings. The zero-order valence-corrected chi connectivity index (χ0v) is 9.05. The van der Waals surface area contributed by atoms with Gasteiger partial charge in [-0.2, -0.15) is 0 Å². The van der Waals surface area contributed by atoms with Crippen LogP contribution >= 0.6 is 0 Å². The number of hydrogen-bond donors (Lipinski definition) is 1. The van der Waals surface area contributed by atoms with Crippen LogP contribution in [-0.4, -0.2) is 22.8 Å². The number of hydrogen-bond acceptors (Lipinski definition) is 4. The van der Waals surface area contributed by atoms with Crippen LogP contribution in [0.4, 0.5) is 0 Å². The lowest BCUT2D eigenvalue weighted by Crippen LogP contribution is -2.43. The predicted molar refractivity (Wildman–Crippen MR) is 56.7 cm³/mol. The molecule has 0 bridgehead atoms. The molecule has 0 saturated carbocycles. The Morgan fingerprint density at radius 1 is 1.56 bits per heavy atom. The summed E-state index contributed by atoms with van der Waals surface area (Å²) in [7, 11) is 0. The zero-order valence-electron chi connectivity index (χ0n) is 9.05. The average molecular weight is 222 g/mol. The van der Waals surface area contributed by atoms with Gasteiger partial charge in [-0.1, -0.05) is 0 Å². The van der Waals surface area contributed by atoms with Crippen molar-refractivity contribution in [2.24, 2.45) is 0 Å². The van der Waals surface area contributed by atoms with Gasteiger partial charge in [-0.05, 0) is 37.6 Å². The fourth-order valence-electron chi connectivity index (χ4n) is 1.71. The van der Waals surface area contributed by atoms with Gasteiger partial charge in [-0.3, -0.25) is 4.79 Å². The molecule has 0 radical (unpaired) electrons. The van der Waals surface area contributed by atoms with Gasteiger partial charge >= 0.3 is 0 Å². The molecule has 1 aliphatic rings. The van der Waals surface area contributed by atoms with E-state index in [0.717, 1.165) is 5.76 Å². The minimum atomic E-state index is -1.00. The standard InChI is InChI=1S/C12H14O4/c1-12(7-6-9-3-2-8-15-9)10(13)4-5-11(14)16-12/h2-5,8,11,14H,6-7H2,1H3. The van der Waals surface area contributed by atoms with Gasteiger partial charge in [-0.25, -0.2) is 0 Å². The van der Waals surface area contributed by atoms with E-state index in [2.05, 4.69) is 0 Å². The van der Waals surface area contributed by atoms with Crippen LogP contribution < -0.4 is 0 Å². The number of aryl methyl sites for hydroxylation is 1. The van der Waals surface area contributed by atoms with E-state index < -0.39 is 11.9 Å². The Labute approximate surface area is 93.5 Å². The summed E-state index contributed by atoms with van der Waals surface area (Å²) in [6.45, 7) is 1.69. The summed E-state index contributed by atoms with van der Waals surface area (Å²) < 4.78 is 10.4. The highest BCUT2D eigenvalue weighted by Gasteiger charge is 2.36. The van der Waals surface area contributed by atoms with Crippen LogP contribution in [0.2, 0.25) is 0 Å². The number of aliphatic hydroxyl groups is 1. The Morgan fingerprint density at radius 3 is 3.06 bits per heavy atom. The van der Waals surface area contributed by atoms with Crippen molar-refractivity contribution in [1.29, 1.82) is 0 Å². The van der Waals surface area contributed by atoms with E-state index in [4.69, 9.17) is 9.15 Å². The van der Waals surface area contributed by atoms with E-state index in [1.165, 1.54) is 12.2 Å². The molecule has 2 atom stereocenters. The second kappa shape index (κ2) is 4.23. The normalized spacial score (nSPS) is 29.6. The van der Waals surface area contributed by atoms with Crippen molar-refractivity contribution < 1.29 is 19.1 Å². The van der Waals surface area contributed by atoms with Gasteiger partial charge in [-0.15, -0.1) is 0 Å². The van der Waals surface area contributed by atoms with Crippen LogP contribution in [0.25, 0.3) is 0 Å². The summed E-state index contributed by atoms with van der Waals surface area (Å²) >= 11 is 0. The molecule has 86 valence electrons. The molecule has 1 aromatic rings. The lowest BCUT2D eigenvalue weighted by molar-refractivity contribution is -0.175. The van der Waals surface area contributed by atoms with E-state index in [0.29, 0.717) is 12.8 Å². The smallest absolute Gasteiger partial charge is 0.187 e. The highest BCUT2D eigenvalue weighted by atomic mass is 16.6. The zero-order chi connectivity index (χ0) is 11.6. The molecular formula is C12H14O4. The van der Waals surface area contributed by atoms with Crippen LogP contribution in [-0.2, 0) is 16.0 Å². The number of ether oxygens (including phenoxy) is 1. The Morgan fingerprint density at radius 2 is 2.38 bits per heavy atom. The van der Waals surface area contributed by atoms with Gasteiger partial charge in [0, 0.05) is 6.42 Å². The molecule has 1 N–H and O–H groups in total. The van der Waals surface area contributed by atoms with Crippen LogP contribution in [0.15, 0.2) is 35.0 Å². The summed E-state index contributed by atoms with van der Waals surface area (Å²) in [4.78, 5) is 11.7. The summed E-state index contributed by atoms with van der Waals surface area (Å²) in [5.41, 5.74) is -0.957. The van der Waals surface area contributed by atoms with Crippen molar-refractivity contribution >= 4 is 5.78 Å². The summed E-state index contributed by atoms with van der Waals surface area (Å²) in [6, 6.07) is 3.65. The Balaban J connectivity index is 2.02. The van der Waals surface area contributed by atoms with Gasteiger partial charge in [0.15, 0.2) is 12.1 Å². The van der Waals surface area contributed by atoms with Gasteiger partial charge in [0.1, 0.15) is 11.4 Å². The summed E-state index contributed by atoms with van der Waals surface area (Å²) in [5.74, 6) is 0.686. The molecule has 1 aliphatic heterocycles. The molecule has 2 heterocycles. The second-order valence-corrected chi connectivity index (χ2v) is 4.04. The first kappa shape index (κ1) is 11.1. The van der Waals surface area contributed by atoms with Gasteiger partial charge in [0.25, 0.3) is 0 Å². The van der Waals surface area contributed by atoms with Crippen molar-refractivity contribution in [3.05, 3.63) is 36.3 Å². The summed E-state index contributed by atoms with van der Waals surface area (Å²) in [5, 5.41) is 9.34. The largest absolute Gasteiger partial charge is 0.469 e. The molecule has 4 heteroatoms. The molecule has 2 unspecified atom stereocenters. The second-order valence-electron chi connectivity index (χ2n) is 4.04. The third-order valence-electron chi connectivity index (χ3n) is 2.74. The molecule has 4 nitrogen and oxygen atoms in total. The predicted octanol–water partition coefficient (Wildman–Crippen LogP) is 1.44. The first-order valence-electron chi connectivity index (χ1n) is 5.21. The maximum absolute atomic E-state index is 11.7. The average Bonchev–Trinajstić information content (AvgIpc) is 2.74. The van der Waals surface area contributed by atoms with Crippen molar-refractivity contribution in [2.45, 2.75) is 31.7 Å². The van der Waals surface area contributed by atoms with E-state index in [1.54, 1.807) is 19.3 Å². The monoisotopic (exact) mass is 222 g/mol. The van der Waals surface area contributed by atoms with E-state index in [1.807, 2.05) is 6.07 Å². The number of rotatable bonds is 3. The van der Waals surface area contributed by atoms with Crippen LogP contribution in [0.3, 0.4) is 0 Å². The first-order valence-corrected chi connectivity index (χ1v) is 5.21. The minimum absolute atomic E-state index is 0.121. The Kier molecular flexibility index (Phi) is 2.94. The van der Waals surface area contributed by atoms with E-state index >= 15 is 0 Å². The molecule has 0 aliphatic carbocycles. The van der Waals surface area contributed by atoms with Gasteiger partial charge in [0.05, 0.1) is 6.26 Å². The van der Waals surface area contributed by atoms with Crippen molar-refractivity contribution in [3.63, 3.8) is 0 Å². The minimum Gasteiger partial charge on any atom is -0.469 e. The third kappa shape index (κ3) is 2.23. The Bertz CT molecular complexity index is 393. The SMILES string of the molecule is CC1(CCc2ccco2)OC(O)C=CC1=O. The van der Waals surface area contributed by atoms with Crippen molar-refractivity contribution in [1.82, 2.24) is 0 Å². The number of aliphatic hydroxyl groups excluding tert-OH is 1. The van der Waals surface area contributed by atoms with E-state index in [9.17, 15) is 9.90 Å². The van der Waals surface area contributed by atoms with Crippen LogP contribution in [0.1, 0.15) is 19.1 Å². The molecule has 0 amide bonds. The number of carbonyl (C=O) groups excluding carboxylic acids is 1. The lowest BCUT2D eigenvalue weighted by atomic mass is 9.92. The fraction of sp³-hybridized carbons (Fsp3) is 0.417. The highest BCUT2D eigenvalue weighted by molar-refractivity contribution is 5.97. The topological polar surface area (TPSA) is 59.7 Å².